The number of hydrogen-bond donors (Lipinski definition) is 1. The first-order chi connectivity index (χ1) is 12.2. The molecule has 1 saturated heterocycles. The molecule has 136 valence electrons. The lowest BCUT2D eigenvalue weighted by Crippen LogP contribution is -2.42. The van der Waals surface area contributed by atoms with Gasteiger partial charge in [0.2, 0.25) is 0 Å². The lowest BCUT2D eigenvalue weighted by atomic mass is 10.3. The first-order valence-electron chi connectivity index (χ1n) is 8.46. The predicted octanol–water partition coefficient (Wildman–Crippen LogP) is 1.89. The summed E-state index contributed by atoms with van der Waals surface area (Å²) in [6, 6.07) is 4.31. The fourth-order valence-electron chi connectivity index (χ4n) is 2.77. The Morgan fingerprint density at radius 1 is 1.36 bits per heavy atom. The highest BCUT2D eigenvalue weighted by Crippen LogP contribution is 2.14. The molecule has 0 aromatic carbocycles. The molecule has 7 nitrogen and oxygen atoms in total. The minimum atomic E-state index is 0.0385. The van der Waals surface area contributed by atoms with Gasteiger partial charge in [-0.25, -0.2) is 4.79 Å². The number of nitrogens with zero attached hydrogens (tertiary/aromatic N) is 5. The van der Waals surface area contributed by atoms with Crippen LogP contribution in [-0.2, 0) is 13.6 Å². The average molecular weight is 381 g/mol. The van der Waals surface area contributed by atoms with E-state index in [2.05, 4.69) is 37.9 Å². The van der Waals surface area contributed by atoms with Crippen molar-refractivity contribution in [2.45, 2.75) is 18.1 Å². The molecule has 3 rings (SSSR count). The second-order valence-electron chi connectivity index (χ2n) is 6.00. The molecule has 0 aliphatic carbocycles. The van der Waals surface area contributed by atoms with E-state index in [0.717, 1.165) is 50.1 Å². The molecular weight excluding hydrogens is 356 g/mol. The molecule has 2 aromatic rings. The molecule has 0 atom stereocenters. The molecule has 3 heterocycles. The fourth-order valence-corrected chi connectivity index (χ4v) is 4.26. The van der Waals surface area contributed by atoms with Gasteiger partial charge in [-0.1, -0.05) is 17.8 Å². The van der Waals surface area contributed by atoms with Gasteiger partial charge in [-0.15, -0.1) is 21.5 Å². The number of nitrogens with one attached hydrogen (secondary N) is 1. The van der Waals surface area contributed by atoms with Gasteiger partial charge in [0.05, 0.1) is 0 Å². The van der Waals surface area contributed by atoms with E-state index in [1.54, 1.807) is 29.4 Å². The molecule has 2 aromatic heterocycles. The van der Waals surface area contributed by atoms with Crippen molar-refractivity contribution in [3.8, 4) is 0 Å². The van der Waals surface area contributed by atoms with E-state index in [1.807, 2.05) is 16.5 Å². The van der Waals surface area contributed by atoms with Crippen molar-refractivity contribution in [1.29, 1.82) is 0 Å². The third-order valence-corrected chi connectivity index (χ3v) is 6.01. The second kappa shape index (κ2) is 9.21. The Balaban J connectivity index is 1.36. The van der Waals surface area contributed by atoms with Crippen LogP contribution in [0.15, 0.2) is 29.0 Å². The van der Waals surface area contributed by atoms with Crippen LogP contribution in [-0.4, -0.2) is 69.1 Å². The van der Waals surface area contributed by atoms with Gasteiger partial charge in [-0.2, -0.15) is 0 Å². The molecule has 2 amide bonds. The van der Waals surface area contributed by atoms with Gasteiger partial charge in [0.25, 0.3) is 0 Å². The van der Waals surface area contributed by atoms with Gasteiger partial charge in [-0.3, -0.25) is 4.90 Å². The van der Waals surface area contributed by atoms with Crippen molar-refractivity contribution in [3.05, 3.63) is 28.7 Å². The summed E-state index contributed by atoms with van der Waals surface area (Å²) in [5, 5.41) is 13.9. The van der Waals surface area contributed by atoms with Crippen LogP contribution in [0.4, 0.5) is 4.79 Å². The lowest BCUT2D eigenvalue weighted by molar-refractivity contribution is 0.198. The van der Waals surface area contributed by atoms with Gasteiger partial charge in [-0.05, 0) is 17.9 Å². The Bertz CT molecular complexity index is 659. The van der Waals surface area contributed by atoms with Crippen molar-refractivity contribution in [3.63, 3.8) is 0 Å². The molecular formula is C16H24N6OS2. The zero-order chi connectivity index (χ0) is 17.5. The highest BCUT2D eigenvalue weighted by atomic mass is 32.2. The average Bonchev–Trinajstić information content (AvgIpc) is 3.19. The molecule has 0 unspecified atom stereocenters. The van der Waals surface area contributed by atoms with Crippen LogP contribution in [0.5, 0.6) is 0 Å². The van der Waals surface area contributed by atoms with Crippen molar-refractivity contribution >= 4 is 29.1 Å². The number of thiophene rings is 1. The number of urea groups is 1. The topological polar surface area (TPSA) is 66.3 Å². The van der Waals surface area contributed by atoms with Crippen molar-refractivity contribution in [2.75, 3.05) is 38.5 Å². The third kappa shape index (κ3) is 5.45. The molecule has 0 spiro atoms. The minimum absolute atomic E-state index is 0.0385. The van der Waals surface area contributed by atoms with Crippen molar-refractivity contribution in [1.82, 2.24) is 29.9 Å². The van der Waals surface area contributed by atoms with E-state index in [1.165, 1.54) is 4.88 Å². The number of amides is 2. The number of carbonyl (C=O) groups excluding carboxylic acids is 1. The van der Waals surface area contributed by atoms with Gasteiger partial charge in [0.1, 0.15) is 6.33 Å². The van der Waals surface area contributed by atoms with Crippen molar-refractivity contribution < 1.29 is 4.79 Å². The monoisotopic (exact) mass is 380 g/mol. The molecule has 25 heavy (non-hydrogen) atoms. The second-order valence-corrected chi connectivity index (χ2v) is 8.10. The van der Waals surface area contributed by atoms with Gasteiger partial charge in [0, 0.05) is 56.9 Å². The number of hydrogen-bond acceptors (Lipinski definition) is 6. The summed E-state index contributed by atoms with van der Waals surface area (Å²) < 4.78 is 1.88. The number of aryl methyl sites for hydroxylation is 1. The standard InChI is InChI=1S/C16H24N6OS2/c1-20-13-18-19-16(20)25-11-5-17-15(23)22-7-3-6-21(8-9-22)12-14-4-2-10-24-14/h2,4,10,13H,3,5-9,11-12H2,1H3,(H,17,23). The van der Waals surface area contributed by atoms with E-state index in [9.17, 15) is 4.79 Å². The number of carbonyl (C=O) groups is 1. The summed E-state index contributed by atoms with van der Waals surface area (Å²) in [7, 11) is 1.92. The number of aromatic nitrogens is 3. The Morgan fingerprint density at radius 3 is 3.04 bits per heavy atom. The molecule has 1 aliphatic rings. The fraction of sp³-hybridized carbons (Fsp3) is 0.562. The molecule has 1 fully saturated rings. The van der Waals surface area contributed by atoms with E-state index in [4.69, 9.17) is 0 Å². The number of thioether (sulfide) groups is 1. The maximum atomic E-state index is 12.4. The van der Waals surface area contributed by atoms with Gasteiger partial charge >= 0.3 is 6.03 Å². The molecule has 0 saturated carbocycles. The van der Waals surface area contributed by atoms with Crippen LogP contribution in [0.1, 0.15) is 11.3 Å². The zero-order valence-electron chi connectivity index (χ0n) is 14.4. The molecule has 1 aliphatic heterocycles. The Kier molecular flexibility index (Phi) is 6.71. The molecule has 1 N–H and O–H groups in total. The van der Waals surface area contributed by atoms with Crippen LogP contribution in [0.2, 0.25) is 0 Å². The summed E-state index contributed by atoms with van der Waals surface area (Å²) in [5.74, 6) is 0.788. The summed E-state index contributed by atoms with van der Waals surface area (Å²) in [6.45, 7) is 5.20. The Morgan fingerprint density at radius 2 is 2.28 bits per heavy atom. The van der Waals surface area contributed by atoms with E-state index in [0.29, 0.717) is 6.54 Å². The van der Waals surface area contributed by atoms with E-state index < -0.39 is 0 Å². The molecule has 9 heteroatoms. The normalized spacial score (nSPS) is 16.0. The lowest BCUT2D eigenvalue weighted by Gasteiger charge is -2.22. The van der Waals surface area contributed by atoms with Gasteiger partial charge < -0.3 is 14.8 Å². The smallest absolute Gasteiger partial charge is 0.317 e. The maximum Gasteiger partial charge on any atom is 0.317 e. The van der Waals surface area contributed by atoms with Crippen molar-refractivity contribution in [2.24, 2.45) is 7.05 Å². The zero-order valence-corrected chi connectivity index (χ0v) is 16.1. The largest absolute Gasteiger partial charge is 0.337 e. The Hall–Kier alpha value is -1.58. The molecule has 0 radical (unpaired) electrons. The number of rotatable bonds is 6. The summed E-state index contributed by atoms with van der Waals surface area (Å²) in [5.41, 5.74) is 0. The highest BCUT2D eigenvalue weighted by molar-refractivity contribution is 7.99. The first-order valence-corrected chi connectivity index (χ1v) is 10.3. The van der Waals surface area contributed by atoms with Crippen LogP contribution in [0, 0.1) is 0 Å². The Labute approximate surface area is 156 Å². The third-order valence-electron chi connectivity index (χ3n) is 4.11. The van der Waals surface area contributed by atoms with E-state index in [-0.39, 0.29) is 6.03 Å². The van der Waals surface area contributed by atoms with Crippen LogP contribution >= 0.6 is 23.1 Å². The van der Waals surface area contributed by atoms with Crippen LogP contribution in [0.25, 0.3) is 0 Å². The highest BCUT2D eigenvalue weighted by Gasteiger charge is 2.19. The quantitative estimate of drug-likeness (QED) is 0.612. The maximum absolute atomic E-state index is 12.4. The summed E-state index contributed by atoms with van der Waals surface area (Å²) >= 11 is 3.39. The first kappa shape index (κ1) is 18.2. The minimum Gasteiger partial charge on any atom is -0.337 e. The summed E-state index contributed by atoms with van der Waals surface area (Å²) in [4.78, 5) is 18.1. The van der Waals surface area contributed by atoms with Crippen LogP contribution < -0.4 is 5.32 Å². The SMILES string of the molecule is Cn1cnnc1SCCNC(=O)N1CCCN(Cc2cccs2)CC1. The van der Waals surface area contributed by atoms with Gasteiger partial charge in [0.15, 0.2) is 5.16 Å². The molecule has 0 bridgehead atoms. The van der Waals surface area contributed by atoms with Crippen LogP contribution in [0.3, 0.4) is 0 Å². The predicted molar refractivity (Wildman–Crippen MR) is 101 cm³/mol. The summed E-state index contributed by atoms with van der Waals surface area (Å²) in [6.07, 6.45) is 2.70. The van der Waals surface area contributed by atoms with E-state index >= 15 is 0 Å².